The normalized spacial score (nSPS) is 11.2. The van der Waals surface area contributed by atoms with Crippen molar-refractivity contribution in [3.05, 3.63) is 54.1 Å². The van der Waals surface area contributed by atoms with Gasteiger partial charge >= 0.3 is 6.18 Å². The average Bonchev–Trinajstić information content (AvgIpc) is 2.35. The molecule has 1 nitrogen and oxygen atoms in total. The predicted octanol–water partition coefficient (Wildman–Crippen LogP) is 5.00. The molecule has 0 aliphatic rings. The van der Waals surface area contributed by atoms with Gasteiger partial charge in [-0.2, -0.15) is 13.2 Å². The molecule has 0 N–H and O–H groups in total. The first-order valence-electron chi connectivity index (χ1n) is 6.00. The Morgan fingerprint density at radius 2 is 1.68 bits per heavy atom. The van der Waals surface area contributed by atoms with Crippen molar-refractivity contribution < 1.29 is 17.9 Å². The quantitative estimate of drug-likeness (QED) is 0.661. The summed E-state index contributed by atoms with van der Waals surface area (Å²) in [5, 5.41) is 0. The maximum absolute atomic E-state index is 12.4. The highest BCUT2D eigenvalue weighted by molar-refractivity contribution is 5.31. The lowest BCUT2D eigenvalue weighted by molar-refractivity contribution is -0.137. The summed E-state index contributed by atoms with van der Waals surface area (Å²) in [6, 6.07) is 4.61. The zero-order valence-corrected chi connectivity index (χ0v) is 10.9. The van der Waals surface area contributed by atoms with Crippen LogP contribution in [-0.4, -0.2) is 6.61 Å². The largest absolute Gasteiger partial charge is 0.489 e. The van der Waals surface area contributed by atoms with E-state index in [4.69, 9.17) is 4.74 Å². The summed E-state index contributed by atoms with van der Waals surface area (Å²) in [4.78, 5) is 0. The zero-order valence-electron chi connectivity index (χ0n) is 10.9. The molecule has 1 aromatic rings. The summed E-state index contributed by atoms with van der Waals surface area (Å²) in [5.41, 5.74) is 0.991. The Labute approximate surface area is 111 Å². The van der Waals surface area contributed by atoms with Crippen molar-refractivity contribution in [3.63, 3.8) is 0 Å². The van der Waals surface area contributed by atoms with Gasteiger partial charge in [0, 0.05) is 0 Å². The topological polar surface area (TPSA) is 9.23 Å². The highest BCUT2D eigenvalue weighted by Crippen LogP contribution is 2.30. The van der Waals surface area contributed by atoms with Gasteiger partial charge in [-0.25, -0.2) is 0 Å². The van der Waals surface area contributed by atoms with Crippen molar-refractivity contribution in [2.75, 3.05) is 6.61 Å². The fourth-order valence-corrected chi connectivity index (χ4v) is 1.49. The van der Waals surface area contributed by atoms with Crippen LogP contribution in [0.3, 0.4) is 0 Å². The summed E-state index contributed by atoms with van der Waals surface area (Å²) in [5.74, 6) is 0.387. The molecule has 0 heterocycles. The van der Waals surface area contributed by atoms with Crippen molar-refractivity contribution in [3.8, 4) is 5.75 Å². The summed E-state index contributed by atoms with van der Waals surface area (Å²) >= 11 is 0. The summed E-state index contributed by atoms with van der Waals surface area (Å²) in [6.07, 6.45) is -2.51. The minimum atomic E-state index is -4.32. The van der Waals surface area contributed by atoms with Gasteiger partial charge in [-0.15, -0.1) is 0 Å². The molecule has 0 aliphatic heterocycles. The number of benzene rings is 1. The van der Waals surface area contributed by atoms with Gasteiger partial charge in [0.05, 0.1) is 5.56 Å². The van der Waals surface area contributed by atoms with Gasteiger partial charge in [-0.3, -0.25) is 0 Å². The van der Waals surface area contributed by atoms with E-state index in [9.17, 15) is 13.2 Å². The lowest BCUT2D eigenvalue weighted by Crippen LogP contribution is -2.05. The lowest BCUT2D eigenvalue weighted by atomic mass is 10.1. The standard InChI is InChI=1S/C15H17F3O/c1-4-5-11(2)12(3)10-19-14-8-6-13(7-9-14)15(16,17)18/h6-9H,2-5,10H2,1H3. The van der Waals surface area contributed by atoms with E-state index in [0.29, 0.717) is 5.75 Å². The van der Waals surface area contributed by atoms with Crippen LogP contribution in [-0.2, 0) is 6.18 Å². The van der Waals surface area contributed by atoms with E-state index < -0.39 is 11.7 Å². The second kappa shape index (κ2) is 6.45. The van der Waals surface area contributed by atoms with Crippen LogP contribution in [0.1, 0.15) is 25.3 Å². The molecule has 104 valence electrons. The second-order valence-corrected chi connectivity index (χ2v) is 4.27. The van der Waals surface area contributed by atoms with Gasteiger partial charge in [0.1, 0.15) is 12.4 Å². The second-order valence-electron chi connectivity index (χ2n) is 4.27. The van der Waals surface area contributed by atoms with Crippen LogP contribution in [0.5, 0.6) is 5.75 Å². The van der Waals surface area contributed by atoms with Crippen LogP contribution in [0, 0.1) is 0 Å². The fourth-order valence-electron chi connectivity index (χ4n) is 1.49. The summed E-state index contributed by atoms with van der Waals surface area (Å²) in [7, 11) is 0. The molecule has 1 aromatic carbocycles. The number of hydrogen-bond acceptors (Lipinski definition) is 1. The third-order valence-corrected chi connectivity index (χ3v) is 2.65. The number of ether oxygens (including phenoxy) is 1. The van der Waals surface area contributed by atoms with Crippen molar-refractivity contribution in [2.24, 2.45) is 0 Å². The van der Waals surface area contributed by atoms with Crippen molar-refractivity contribution in [2.45, 2.75) is 25.9 Å². The third kappa shape index (κ3) is 4.81. The zero-order chi connectivity index (χ0) is 14.5. The smallest absolute Gasteiger partial charge is 0.416 e. The van der Waals surface area contributed by atoms with E-state index in [1.165, 1.54) is 12.1 Å². The van der Waals surface area contributed by atoms with Crippen LogP contribution in [0.15, 0.2) is 48.6 Å². The molecule has 0 saturated carbocycles. The van der Waals surface area contributed by atoms with E-state index in [0.717, 1.165) is 36.1 Å². The van der Waals surface area contributed by atoms with Gasteiger partial charge in [0.15, 0.2) is 0 Å². The predicted molar refractivity (Wildman–Crippen MR) is 70.1 cm³/mol. The number of alkyl halides is 3. The van der Waals surface area contributed by atoms with Gasteiger partial charge in [-0.05, 0) is 41.8 Å². The Hall–Kier alpha value is -1.71. The van der Waals surface area contributed by atoms with Crippen LogP contribution in [0.25, 0.3) is 0 Å². The highest BCUT2D eigenvalue weighted by Gasteiger charge is 2.29. The van der Waals surface area contributed by atoms with Gasteiger partial charge < -0.3 is 4.74 Å². The minimum absolute atomic E-state index is 0.240. The first-order valence-corrected chi connectivity index (χ1v) is 6.00. The van der Waals surface area contributed by atoms with Gasteiger partial charge in [-0.1, -0.05) is 26.5 Å². The molecule has 0 fully saturated rings. The molecular formula is C15H17F3O. The molecule has 0 aromatic heterocycles. The first-order chi connectivity index (χ1) is 8.84. The Balaban J connectivity index is 2.55. The van der Waals surface area contributed by atoms with E-state index >= 15 is 0 Å². The van der Waals surface area contributed by atoms with E-state index in [2.05, 4.69) is 13.2 Å². The maximum atomic E-state index is 12.4. The van der Waals surface area contributed by atoms with Crippen LogP contribution in [0.4, 0.5) is 13.2 Å². The van der Waals surface area contributed by atoms with Crippen molar-refractivity contribution in [1.29, 1.82) is 0 Å². The first kappa shape index (κ1) is 15.3. The third-order valence-electron chi connectivity index (χ3n) is 2.65. The summed E-state index contributed by atoms with van der Waals surface area (Å²) < 4.78 is 42.4. The molecule has 0 spiro atoms. The molecule has 0 bridgehead atoms. The average molecular weight is 270 g/mol. The number of rotatable bonds is 6. The molecule has 4 heteroatoms. The molecule has 0 saturated heterocycles. The maximum Gasteiger partial charge on any atom is 0.416 e. The molecule has 0 radical (unpaired) electrons. The van der Waals surface area contributed by atoms with E-state index in [1.807, 2.05) is 6.92 Å². The molecule has 0 amide bonds. The molecule has 19 heavy (non-hydrogen) atoms. The fraction of sp³-hybridized carbons (Fsp3) is 0.333. The Morgan fingerprint density at radius 1 is 1.11 bits per heavy atom. The number of hydrogen-bond donors (Lipinski definition) is 0. The van der Waals surface area contributed by atoms with Crippen molar-refractivity contribution >= 4 is 0 Å². The van der Waals surface area contributed by atoms with Gasteiger partial charge in [0.2, 0.25) is 0 Å². The SMILES string of the molecule is C=C(CCC)C(=C)COc1ccc(C(F)(F)F)cc1. The van der Waals surface area contributed by atoms with Crippen LogP contribution in [0.2, 0.25) is 0 Å². The monoisotopic (exact) mass is 270 g/mol. The molecule has 1 rings (SSSR count). The lowest BCUT2D eigenvalue weighted by Gasteiger charge is -2.11. The molecule has 0 unspecified atom stereocenters. The molecule has 0 atom stereocenters. The molecule has 0 aliphatic carbocycles. The highest BCUT2D eigenvalue weighted by atomic mass is 19.4. The van der Waals surface area contributed by atoms with Gasteiger partial charge in [0.25, 0.3) is 0 Å². The number of halogens is 3. The Kier molecular flexibility index (Phi) is 5.21. The minimum Gasteiger partial charge on any atom is -0.489 e. The van der Waals surface area contributed by atoms with E-state index in [1.54, 1.807) is 0 Å². The Bertz CT molecular complexity index is 443. The van der Waals surface area contributed by atoms with Crippen molar-refractivity contribution in [1.82, 2.24) is 0 Å². The van der Waals surface area contributed by atoms with E-state index in [-0.39, 0.29) is 6.61 Å². The summed E-state index contributed by atoms with van der Waals surface area (Å²) in [6.45, 7) is 9.99. The molecular weight excluding hydrogens is 253 g/mol. The Morgan fingerprint density at radius 3 is 2.16 bits per heavy atom. The van der Waals surface area contributed by atoms with Crippen LogP contribution < -0.4 is 4.74 Å². The van der Waals surface area contributed by atoms with Crippen LogP contribution >= 0.6 is 0 Å².